The fourth-order valence-corrected chi connectivity index (χ4v) is 7.11. The maximum atomic E-state index is 11.4. The number of para-hydroxylation sites is 2. The summed E-state index contributed by atoms with van der Waals surface area (Å²) in [6, 6.07) is 22.6. The molecule has 19 nitrogen and oxygen atoms in total. The molecule has 2 aromatic heterocycles. The van der Waals surface area contributed by atoms with Crippen LogP contribution in [0.4, 0.5) is 34.1 Å². The number of hydrogen-bond donors (Lipinski definition) is 3. The molecule has 0 aliphatic rings. The van der Waals surface area contributed by atoms with E-state index in [2.05, 4.69) is 41.7 Å². The average molecular weight is 898 g/mol. The Morgan fingerprint density at radius 1 is 0.698 bits per heavy atom. The summed E-state index contributed by atoms with van der Waals surface area (Å²) in [7, 11) is -8.50. The number of nitrogens with zero attached hydrogens (tertiary/aromatic N) is 9. The number of hydrogen-bond acceptors (Lipinski definition) is 16. The molecule has 4 aromatic carbocycles. The maximum Gasteiger partial charge on any atom is 0.264 e. The predicted octanol–water partition coefficient (Wildman–Crippen LogP) is 10.3. The Bertz CT molecular complexity index is 3020. The Morgan fingerprint density at radius 2 is 1.24 bits per heavy atom. The Balaban J connectivity index is 1.35. The van der Waals surface area contributed by atoms with Crippen LogP contribution in [0.5, 0.6) is 23.1 Å². The molecule has 0 fully saturated rings. The second-order valence-electron chi connectivity index (χ2n) is 14.2. The molecule has 0 spiro atoms. The third kappa shape index (κ3) is 11.7. The largest absolute Gasteiger partial charge is 0.494 e. The molecule has 6 rings (SSSR count). The quantitative estimate of drug-likeness (QED) is 0.0389. The van der Waals surface area contributed by atoms with Crippen LogP contribution in [0.2, 0.25) is 0 Å². The van der Waals surface area contributed by atoms with Crippen LogP contribution in [-0.2, 0) is 20.2 Å². The summed E-state index contributed by atoms with van der Waals surface area (Å²) >= 11 is 0. The third-order valence-corrected chi connectivity index (χ3v) is 10.9. The van der Waals surface area contributed by atoms with E-state index in [1.165, 1.54) is 10.5 Å². The van der Waals surface area contributed by atoms with Gasteiger partial charge >= 0.3 is 0 Å². The second kappa shape index (κ2) is 19.9. The van der Waals surface area contributed by atoms with E-state index in [0.717, 1.165) is 6.42 Å². The number of imidazole rings is 1. The summed E-state index contributed by atoms with van der Waals surface area (Å²) in [4.78, 5) is 4.53. The molecule has 0 saturated heterocycles. The first-order chi connectivity index (χ1) is 30.0. The van der Waals surface area contributed by atoms with Crippen LogP contribution in [-0.4, -0.2) is 71.8 Å². The van der Waals surface area contributed by atoms with Gasteiger partial charge in [-0.05, 0) is 99.7 Å². The van der Waals surface area contributed by atoms with Gasteiger partial charge in [0.05, 0.1) is 59.4 Å². The zero-order valence-electron chi connectivity index (χ0n) is 34.6. The minimum Gasteiger partial charge on any atom is -0.494 e. The fourth-order valence-electron chi connectivity index (χ4n) is 6.15. The van der Waals surface area contributed by atoms with Gasteiger partial charge in [0.25, 0.3) is 20.2 Å². The summed E-state index contributed by atoms with van der Waals surface area (Å²) in [5, 5.41) is 47.9. The van der Waals surface area contributed by atoms with Crippen LogP contribution in [0.1, 0.15) is 48.4 Å². The first-order valence-corrected chi connectivity index (χ1v) is 22.7. The van der Waals surface area contributed by atoms with E-state index in [4.69, 9.17) is 14.2 Å². The fraction of sp³-hybridized carbons (Fsp3) is 0.286. The minimum absolute atomic E-state index is 0.00155. The lowest BCUT2D eigenvalue weighted by atomic mass is 10.1. The SMILES string of the molecule is CCCOc1ccc(N=Nc2cc(OCCCS(=O)(=O)O)c(N=Nc3cc(OCCCS(=O)(=O)O)c(N=Nc4c(C)c(C#N)c5nc6ccccc6n5c4O)cc3C)cc2C)cc1. The number of aromatic nitrogens is 2. The number of pyridine rings is 1. The lowest BCUT2D eigenvalue weighted by Gasteiger charge is -2.12. The molecule has 0 bridgehead atoms. The maximum absolute atomic E-state index is 11.4. The lowest BCUT2D eigenvalue weighted by molar-refractivity contribution is 0.317. The van der Waals surface area contributed by atoms with Crippen LogP contribution in [0, 0.1) is 32.1 Å². The molecule has 0 aliphatic carbocycles. The van der Waals surface area contributed by atoms with Gasteiger partial charge in [-0.1, -0.05) is 19.1 Å². The van der Waals surface area contributed by atoms with Gasteiger partial charge in [0.2, 0.25) is 5.88 Å². The van der Waals surface area contributed by atoms with Gasteiger partial charge in [0, 0.05) is 17.7 Å². The van der Waals surface area contributed by atoms with E-state index in [1.807, 2.05) is 6.92 Å². The van der Waals surface area contributed by atoms with Crippen LogP contribution >= 0.6 is 0 Å². The van der Waals surface area contributed by atoms with Crippen molar-refractivity contribution in [2.75, 3.05) is 31.3 Å². The molecular weight excluding hydrogens is 855 g/mol. The Morgan fingerprint density at radius 3 is 1.79 bits per heavy atom. The van der Waals surface area contributed by atoms with Crippen molar-refractivity contribution in [2.24, 2.45) is 30.7 Å². The van der Waals surface area contributed by atoms with Gasteiger partial charge < -0.3 is 19.3 Å². The van der Waals surface area contributed by atoms with E-state index in [1.54, 1.807) is 87.5 Å². The number of ether oxygens (including phenoxy) is 3. The van der Waals surface area contributed by atoms with Crippen molar-refractivity contribution in [3.63, 3.8) is 0 Å². The zero-order valence-corrected chi connectivity index (χ0v) is 36.3. The van der Waals surface area contributed by atoms with Gasteiger partial charge in [0.15, 0.2) is 11.3 Å². The number of benzene rings is 4. The molecule has 2 heterocycles. The Labute approximate surface area is 362 Å². The Kier molecular flexibility index (Phi) is 14.4. The molecule has 6 aromatic rings. The first kappa shape index (κ1) is 45.7. The van der Waals surface area contributed by atoms with Gasteiger partial charge in [-0.15, -0.1) is 15.3 Å². The molecule has 0 aliphatic heterocycles. The number of aromatic hydroxyl groups is 1. The lowest BCUT2D eigenvalue weighted by Crippen LogP contribution is -2.08. The van der Waals surface area contributed by atoms with Gasteiger partial charge in [-0.25, -0.2) is 4.98 Å². The normalized spacial score (nSPS) is 12.3. The molecule has 0 amide bonds. The molecule has 63 heavy (non-hydrogen) atoms. The number of nitriles is 1. The van der Waals surface area contributed by atoms with E-state index in [-0.39, 0.29) is 71.7 Å². The topological polar surface area (TPSA) is 272 Å². The molecule has 328 valence electrons. The minimum atomic E-state index is -4.27. The van der Waals surface area contributed by atoms with Gasteiger partial charge in [0.1, 0.15) is 40.3 Å². The predicted molar refractivity (Wildman–Crippen MR) is 234 cm³/mol. The number of rotatable bonds is 19. The van der Waals surface area contributed by atoms with Gasteiger partial charge in [-0.3, -0.25) is 13.5 Å². The highest BCUT2D eigenvalue weighted by Gasteiger charge is 2.21. The van der Waals surface area contributed by atoms with E-state index in [9.17, 15) is 36.3 Å². The van der Waals surface area contributed by atoms with E-state index >= 15 is 0 Å². The summed E-state index contributed by atoms with van der Waals surface area (Å²) in [6.45, 7) is 7.46. The average Bonchev–Trinajstić information content (AvgIpc) is 3.62. The van der Waals surface area contributed by atoms with Crippen molar-refractivity contribution in [3.05, 3.63) is 95.1 Å². The molecular formula is C42H43N9O10S2. The van der Waals surface area contributed by atoms with Crippen LogP contribution in [0.25, 0.3) is 16.7 Å². The molecule has 0 radical (unpaired) electrons. The molecule has 0 saturated carbocycles. The summed E-state index contributed by atoms with van der Waals surface area (Å²) < 4.78 is 83.0. The molecule has 21 heteroatoms. The summed E-state index contributed by atoms with van der Waals surface area (Å²) in [6.07, 6.45) is 0.771. The Hall–Kier alpha value is -6.86. The van der Waals surface area contributed by atoms with Crippen molar-refractivity contribution in [1.29, 1.82) is 5.26 Å². The van der Waals surface area contributed by atoms with Crippen molar-refractivity contribution in [3.8, 4) is 29.2 Å². The molecule has 3 N–H and O–H groups in total. The monoisotopic (exact) mass is 897 g/mol. The number of aryl methyl sites for hydroxylation is 2. The molecule has 0 atom stereocenters. The second-order valence-corrected chi connectivity index (χ2v) is 17.3. The standard InChI is InChI=1S/C42H43N9O10S2/c1-5-16-59-30-14-12-29(13-15-30)45-46-33-23-38(60-17-8-19-62(53,54)55)35(21-26(33)2)48-47-34-24-39(61-18-9-20-63(56,57)58)36(22-27(34)3)49-50-40-28(4)31(25-43)41-44-32-10-6-7-11-37(32)51(41)42(40)52/h6-7,10-15,21-24,52H,5,8-9,16-20H2,1-4H3,(H,53,54,55)(H,56,57,58). The number of fused-ring (bicyclic) bond motifs is 3. The number of azo groups is 3. The van der Waals surface area contributed by atoms with Crippen molar-refractivity contribution >= 4 is 71.0 Å². The summed E-state index contributed by atoms with van der Waals surface area (Å²) in [5.41, 5.74) is 4.74. The van der Waals surface area contributed by atoms with Gasteiger partial charge in [-0.2, -0.15) is 37.4 Å². The highest BCUT2D eigenvalue weighted by Crippen LogP contribution is 2.42. The molecule has 0 unspecified atom stereocenters. The summed E-state index contributed by atoms with van der Waals surface area (Å²) in [5.74, 6) is -0.398. The zero-order chi connectivity index (χ0) is 45.3. The highest BCUT2D eigenvalue weighted by atomic mass is 32.2. The van der Waals surface area contributed by atoms with Crippen LogP contribution in [0.3, 0.4) is 0 Å². The van der Waals surface area contributed by atoms with Crippen molar-refractivity contribution in [2.45, 2.75) is 47.0 Å². The smallest absolute Gasteiger partial charge is 0.264 e. The van der Waals surface area contributed by atoms with Crippen molar-refractivity contribution < 1.29 is 45.3 Å². The third-order valence-electron chi connectivity index (χ3n) is 9.32. The van der Waals surface area contributed by atoms with Crippen LogP contribution in [0.15, 0.2) is 103 Å². The van der Waals surface area contributed by atoms with Crippen molar-refractivity contribution in [1.82, 2.24) is 9.38 Å². The first-order valence-electron chi connectivity index (χ1n) is 19.5. The highest BCUT2D eigenvalue weighted by molar-refractivity contribution is 7.86. The van der Waals surface area contributed by atoms with E-state index in [0.29, 0.717) is 57.1 Å². The van der Waals surface area contributed by atoms with E-state index < -0.39 is 31.7 Å². The van der Waals surface area contributed by atoms with Crippen LogP contribution < -0.4 is 14.2 Å².